The van der Waals surface area contributed by atoms with Gasteiger partial charge in [0.15, 0.2) is 0 Å². The highest BCUT2D eigenvalue weighted by Crippen LogP contribution is 2.24. The summed E-state index contributed by atoms with van der Waals surface area (Å²) in [5, 5.41) is 2.85. The fourth-order valence-corrected chi connectivity index (χ4v) is 2.17. The number of nitrogens with one attached hydrogen (secondary N) is 1. The quantitative estimate of drug-likeness (QED) is 0.861. The van der Waals surface area contributed by atoms with Crippen molar-refractivity contribution in [2.24, 2.45) is 0 Å². The minimum absolute atomic E-state index is 0.0792. The van der Waals surface area contributed by atoms with Crippen molar-refractivity contribution in [2.45, 2.75) is 37.9 Å². The smallest absolute Gasteiger partial charge is 0.324 e. The van der Waals surface area contributed by atoms with Crippen molar-refractivity contribution in [2.75, 3.05) is 26.6 Å². The highest BCUT2D eigenvalue weighted by molar-refractivity contribution is 5.26. The Morgan fingerprint density at radius 2 is 1.79 bits per heavy atom. The summed E-state index contributed by atoms with van der Waals surface area (Å²) in [5.74, 6) is 0.431. The molecule has 1 heterocycles. The van der Waals surface area contributed by atoms with Crippen molar-refractivity contribution in [3.05, 3.63) is 0 Å². The van der Waals surface area contributed by atoms with E-state index in [4.69, 9.17) is 14.2 Å². The van der Waals surface area contributed by atoms with Gasteiger partial charge in [-0.3, -0.25) is 0 Å². The van der Waals surface area contributed by atoms with E-state index in [1.165, 1.54) is 7.11 Å². The van der Waals surface area contributed by atoms with Gasteiger partial charge in [0.1, 0.15) is 6.10 Å². The van der Waals surface area contributed by atoms with E-state index >= 15 is 0 Å². The van der Waals surface area contributed by atoms with Crippen LogP contribution in [0.2, 0.25) is 0 Å². The third-order valence-corrected chi connectivity index (χ3v) is 3.18. The van der Waals surface area contributed by atoms with E-state index in [-0.39, 0.29) is 24.2 Å². The molecule has 1 aliphatic rings. The van der Waals surface area contributed by atoms with E-state index < -0.39 is 0 Å². The van der Waals surface area contributed by atoms with Gasteiger partial charge >= 0.3 is 12.0 Å². The zero-order valence-corrected chi connectivity index (χ0v) is 11.5. The van der Waals surface area contributed by atoms with Crippen LogP contribution in [-0.4, -0.2) is 48.4 Å². The molecule has 1 aliphatic carbocycles. The number of anilines is 1. The fourth-order valence-electron chi connectivity index (χ4n) is 2.17. The van der Waals surface area contributed by atoms with Crippen molar-refractivity contribution >= 4 is 5.95 Å². The van der Waals surface area contributed by atoms with Crippen LogP contribution in [-0.2, 0) is 4.74 Å². The minimum atomic E-state index is 0.0792. The standard InChI is InChI=1S/C12H20N4O3/c1-13-10-14-11(18-3)16-12(15-10)19-9-6-4-5-8(7-9)17-2/h8-9H,4-7H2,1-3H3,(H,13,14,15,16). The predicted octanol–water partition coefficient (Wildman–Crippen LogP) is 1.26. The van der Waals surface area contributed by atoms with Gasteiger partial charge in [-0.2, -0.15) is 9.97 Å². The van der Waals surface area contributed by atoms with Crippen molar-refractivity contribution in [1.82, 2.24) is 15.0 Å². The zero-order valence-electron chi connectivity index (χ0n) is 11.5. The summed E-state index contributed by atoms with van der Waals surface area (Å²) in [6, 6.07) is 0.534. The maximum atomic E-state index is 5.81. The second-order valence-electron chi connectivity index (χ2n) is 4.44. The summed E-state index contributed by atoms with van der Waals surface area (Å²) in [5.41, 5.74) is 0. The van der Waals surface area contributed by atoms with Crippen molar-refractivity contribution in [3.8, 4) is 12.0 Å². The lowest BCUT2D eigenvalue weighted by atomic mass is 9.95. The largest absolute Gasteiger partial charge is 0.467 e. The lowest BCUT2D eigenvalue weighted by Crippen LogP contribution is -2.30. The van der Waals surface area contributed by atoms with Crippen LogP contribution in [0.4, 0.5) is 5.95 Å². The number of hydrogen-bond donors (Lipinski definition) is 1. The Morgan fingerprint density at radius 3 is 2.47 bits per heavy atom. The summed E-state index contributed by atoms with van der Waals surface area (Å²) in [4.78, 5) is 12.3. The van der Waals surface area contributed by atoms with Gasteiger partial charge in [0.05, 0.1) is 13.2 Å². The number of hydrogen-bond acceptors (Lipinski definition) is 7. The Labute approximate surface area is 112 Å². The molecule has 2 unspecified atom stereocenters. The van der Waals surface area contributed by atoms with Gasteiger partial charge in [-0.25, -0.2) is 0 Å². The monoisotopic (exact) mass is 268 g/mol. The first kappa shape index (κ1) is 13.8. The third kappa shape index (κ3) is 3.66. The molecule has 7 heteroatoms. The van der Waals surface area contributed by atoms with E-state index in [2.05, 4.69) is 20.3 Å². The van der Waals surface area contributed by atoms with Crippen LogP contribution < -0.4 is 14.8 Å². The Balaban J connectivity index is 2.05. The van der Waals surface area contributed by atoms with Crippen molar-refractivity contribution < 1.29 is 14.2 Å². The van der Waals surface area contributed by atoms with Gasteiger partial charge in [0, 0.05) is 20.6 Å². The van der Waals surface area contributed by atoms with Gasteiger partial charge in [-0.15, -0.1) is 4.98 Å². The molecule has 0 spiro atoms. The van der Waals surface area contributed by atoms with Gasteiger partial charge < -0.3 is 19.5 Å². The molecule has 0 bridgehead atoms. The van der Waals surface area contributed by atoms with Crippen LogP contribution in [0.15, 0.2) is 0 Å². The summed E-state index contributed by atoms with van der Waals surface area (Å²) < 4.78 is 16.2. The molecule has 19 heavy (non-hydrogen) atoms. The maximum absolute atomic E-state index is 5.81. The molecule has 7 nitrogen and oxygen atoms in total. The summed E-state index contributed by atoms with van der Waals surface area (Å²) >= 11 is 0. The molecule has 0 radical (unpaired) electrons. The molecule has 0 aromatic carbocycles. The van der Waals surface area contributed by atoms with Gasteiger partial charge in [0.25, 0.3) is 0 Å². The second kappa shape index (κ2) is 6.51. The molecule has 1 N–H and O–H groups in total. The summed E-state index contributed by atoms with van der Waals surface area (Å²) in [6.45, 7) is 0. The molecule has 0 amide bonds. The van der Waals surface area contributed by atoms with Gasteiger partial charge in [-0.1, -0.05) is 0 Å². The molecule has 0 saturated heterocycles. The van der Waals surface area contributed by atoms with E-state index in [0.29, 0.717) is 5.95 Å². The lowest BCUT2D eigenvalue weighted by molar-refractivity contribution is 0.0176. The highest BCUT2D eigenvalue weighted by Gasteiger charge is 2.24. The van der Waals surface area contributed by atoms with Crippen LogP contribution in [0.25, 0.3) is 0 Å². The normalized spacial score (nSPS) is 22.9. The van der Waals surface area contributed by atoms with Crippen LogP contribution in [0, 0.1) is 0 Å². The number of methoxy groups -OCH3 is 2. The molecule has 1 aromatic heterocycles. The van der Waals surface area contributed by atoms with E-state index in [1.54, 1.807) is 14.2 Å². The predicted molar refractivity (Wildman–Crippen MR) is 69.6 cm³/mol. The van der Waals surface area contributed by atoms with E-state index in [9.17, 15) is 0 Å². The second-order valence-corrected chi connectivity index (χ2v) is 4.44. The van der Waals surface area contributed by atoms with Crippen LogP contribution >= 0.6 is 0 Å². The Bertz CT molecular complexity index is 394. The summed E-state index contributed by atoms with van der Waals surface area (Å²) in [6.07, 6.45) is 4.35. The average molecular weight is 268 g/mol. The molecule has 1 aromatic rings. The first-order chi connectivity index (χ1) is 9.25. The lowest BCUT2D eigenvalue weighted by Gasteiger charge is -2.27. The Hall–Kier alpha value is -1.63. The first-order valence-electron chi connectivity index (χ1n) is 6.42. The first-order valence-corrected chi connectivity index (χ1v) is 6.42. The highest BCUT2D eigenvalue weighted by atomic mass is 16.5. The fraction of sp³-hybridized carbons (Fsp3) is 0.750. The van der Waals surface area contributed by atoms with E-state index in [0.717, 1.165) is 25.7 Å². The zero-order chi connectivity index (χ0) is 13.7. The molecule has 0 aliphatic heterocycles. The van der Waals surface area contributed by atoms with Gasteiger partial charge in [0.2, 0.25) is 5.95 Å². The number of ether oxygens (including phenoxy) is 3. The molecule has 106 valence electrons. The third-order valence-electron chi connectivity index (χ3n) is 3.18. The molecular formula is C12H20N4O3. The molecular weight excluding hydrogens is 248 g/mol. The maximum Gasteiger partial charge on any atom is 0.324 e. The molecule has 2 rings (SSSR count). The number of rotatable bonds is 5. The Morgan fingerprint density at radius 1 is 1.05 bits per heavy atom. The molecule has 2 atom stereocenters. The van der Waals surface area contributed by atoms with Crippen LogP contribution in [0.3, 0.4) is 0 Å². The molecule has 1 fully saturated rings. The summed E-state index contributed by atoms with van der Waals surface area (Å²) in [7, 11) is 4.98. The van der Waals surface area contributed by atoms with Crippen LogP contribution in [0.5, 0.6) is 12.0 Å². The number of nitrogens with zero attached hydrogens (tertiary/aromatic N) is 3. The van der Waals surface area contributed by atoms with Crippen molar-refractivity contribution in [1.29, 1.82) is 0 Å². The van der Waals surface area contributed by atoms with Gasteiger partial charge in [-0.05, 0) is 19.3 Å². The minimum Gasteiger partial charge on any atom is -0.467 e. The number of aromatic nitrogens is 3. The van der Waals surface area contributed by atoms with Crippen LogP contribution in [0.1, 0.15) is 25.7 Å². The average Bonchev–Trinajstić information content (AvgIpc) is 2.47. The van der Waals surface area contributed by atoms with Crippen molar-refractivity contribution in [3.63, 3.8) is 0 Å². The SMILES string of the molecule is CNc1nc(OC)nc(OC2CCCC(OC)C2)n1. The molecule has 1 saturated carbocycles. The Kier molecular flexibility index (Phi) is 4.73. The topological polar surface area (TPSA) is 78.4 Å². The van der Waals surface area contributed by atoms with E-state index in [1.807, 2.05) is 0 Å².